The Kier molecular flexibility index (Phi) is 5.20. The number of hydrogen-bond donors (Lipinski definition) is 0. The van der Waals surface area contributed by atoms with Gasteiger partial charge in [-0.15, -0.1) is 6.58 Å². The number of allylic oxidation sites excluding steroid dienone is 1. The Bertz CT molecular complexity index is 648. The molecule has 2 fully saturated rings. The highest BCUT2D eigenvalue weighted by atomic mass is 16.6. The van der Waals surface area contributed by atoms with Crippen molar-refractivity contribution in [3.63, 3.8) is 0 Å². The molecule has 25 heavy (non-hydrogen) atoms. The number of ether oxygens (including phenoxy) is 3. The maximum absolute atomic E-state index is 12.1. The minimum absolute atomic E-state index is 0.0227. The van der Waals surface area contributed by atoms with Gasteiger partial charge in [0.2, 0.25) is 0 Å². The summed E-state index contributed by atoms with van der Waals surface area (Å²) in [7, 11) is 0. The number of carbonyl (C=O) groups is 3. The first-order chi connectivity index (χ1) is 11.6. The summed E-state index contributed by atoms with van der Waals surface area (Å²) in [6.45, 7) is 16.3. The molecule has 1 aliphatic carbocycles. The predicted octanol–water partition coefficient (Wildman–Crippen LogP) is 2.35. The predicted molar refractivity (Wildman–Crippen MR) is 90.2 cm³/mol. The summed E-state index contributed by atoms with van der Waals surface area (Å²) in [5, 5.41) is 0. The third-order valence-electron chi connectivity index (χ3n) is 5.03. The molecule has 0 spiro atoms. The van der Waals surface area contributed by atoms with Crippen LogP contribution in [0.15, 0.2) is 37.0 Å². The van der Waals surface area contributed by atoms with Crippen molar-refractivity contribution in [2.24, 2.45) is 17.3 Å². The number of hydrogen-bond acceptors (Lipinski definition) is 6. The molecule has 1 aliphatic heterocycles. The molecule has 0 unspecified atom stereocenters. The maximum Gasteiger partial charge on any atom is 0.334 e. The second-order valence-electron chi connectivity index (χ2n) is 6.90. The molecule has 0 amide bonds. The smallest absolute Gasteiger partial charge is 0.334 e. The summed E-state index contributed by atoms with van der Waals surface area (Å²) in [6.07, 6.45) is 1.06. The maximum atomic E-state index is 12.1. The van der Waals surface area contributed by atoms with Crippen LogP contribution in [0.4, 0.5) is 0 Å². The van der Waals surface area contributed by atoms with Gasteiger partial charge in [0.15, 0.2) is 0 Å². The van der Waals surface area contributed by atoms with E-state index in [-0.39, 0.29) is 18.1 Å². The first-order valence-electron chi connectivity index (χ1n) is 8.12. The summed E-state index contributed by atoms with van der Waals surface area (Å²) in [5.74, 6) is -2.14. The lowest BCUT2D eigenvalue weighted by Crippen LogP contribution is -2.51. The lowest BCUT2D eigenvalue weighted by molar-refractivity contribution is -0.161. The molecule has 0 N–H and O–H groups in total. The van der Waals surface area contributed by atoms with Crippen molar-refractivity contribution in [3.8, 4) is 0 Å². The zero-order valence-electron chi connectivity index (χ0n) is 14.9. The third kappa shape index (κ3) is 3.52. The van der Waals surface area contributed by atoms with Crippen LogP contribution in [0, 0.1) is 17.3 Å². The van der Waals surface area contributed by atoms with E-state index in [1.807, 2.05) is 6.92 Å². The molecule has 1 saturated carbocycles. The molecule has 6 nitrogen and oxygen atoms in total. The molecule has 6 heteroatoms. The SMILES string of the molecule is C=C[C@]1(C)C[C@H](OC(C)=O)[C@H]2C(=C)C(=O)O[C@@H]2[C@H]1C(=C)COC(C)=O. The van der Waals surface area contributed by atoms with Gasteiger partial charge in [0, 0.05) is 25.3 Å². The minimum Gasteiger partial charge on any atom is -0.462 e. The molecular weight excluding hydrogens is 324 g/mol. The van der Waals surface area contributed by atoms with E-state index in [0.29, 0.717) is 12.0 Å². The molecule has 0 aromatic carbocycles. The van der Waals surface area contributed by atoms with Gasteiger partial charge >= 0.3 is 17.9 Å². The zero-order chi connectivity index (χ0) is 18.9. The highest BCUT2D eigenvalue weighted by Gasteiger charge is 2.58. The first kappa shape index (κ1) is 19.0. The normalized spacial score (nSPS) is 33.9. The van der Waals surface area contributed by atoms with Gasteiger partial charge in [-0.2, -0.15) is 0 Å². The Labute approximate surface area is 147 Å². The van der Waals surface area contributed by atoms with Crippen molar-refractivity contribution >= 4 is 17.9 Å². The van der Waals surface area contributed by atoms with E-state index >= 15 is 0 Å². The number of carbonyl (C=O) groups excluding carboxylic acids is 3. The van der Waals surface area contributed by atoms with E-state index in [1.54, 1.807) is 6.08 Å². The Hall–Kier alpha value is -2.37. The largest absolute Gasteiger partial charge is 0.462 e. The van der Waals surface area contributed by atoms with Crippen LogP contribution in [0.25, 0.3) is 0 Å². The summed E-state index contributed by atoms with van der Waals surface area (Å²) in [6, 6.07) is 0. The van der Waals surface area contributed by atoms with Gasteiger partial charge < -0.3 is 14.2 Å². The fourth-order valence-corrected chi connectivity index (χ4v) is 3.90. The molecule has 0 aromatic heterocycles. The van der Waals surface area contributed by atoms with E-state index < -0.39 is 41.4 Å². The van der Waals surface area contributed by atoms with Gasteiger partial charge in [-0.25, -0.2) is 4.79 Å². The van der Waals surface area contributed by atoms with Crippen LogP contribution in [0.2, 0.25) is 0 Å². The molecule has 136 valence electrons. The number of fused-ring (bicyclic) bond motifs is 1. The van der Waals surface area contributed by atoms with E-state index in [4.69, 9.17) is 14.2 Å². The van der Waals surface area contributed by atoms with Gasteiger partial charge in [-0.05, 0) is 17.4 Å². The van der Waals surface area contributed by atoms with Gasteiger partial charge in [0.05, 0.1) is 5.92 Å². The van der Waals surface area contributed by atoms with Gasteiger partial charge in [0.25, 0.3) is 0 Å². The Morgan fingerprint density at radius 3 is 2.52 bits per heavy atom. The van der Waals surface area contributed by atoms with E-state index in [9.17, 15) is 14.4 Å². The van der Waals surface area contributed by atoms with Crippen molar-refractivity contribution < 1.29 is 28.6 Å². The van der Waals surface area contributed by atoms with Gasteiger partial charge in [0.1, 0.15) is 18.8 Å². The first-order valence-corrected chi connectivity index (χ1v) is 8.12. The second-order valence-corrected chi connectivity index (χ2v) is 6.90. The lowest BCUT2D eigenvalue weighted by Gasteiger charge is -2.48. The molecule has 0 radical (unpaired) electrons. The molecule has 1 heterocycles. The topological polar surface area (TPSA) is 78.9 Å². The number of esters is 3. The van der Waals surface area contributed by atoms with Crippen molar-refractivity contribution in [2.45, 2.75) is 39.4 Å². The van der Waals surface area contributed by atoms with Crippen LogP contribution >= 0.6 is 0 Å². The highest BCUT2D eigenvalue weighted by Crippen LogP contribution is 2.53. The fourth-order valence-electron chi connectivity index (χ4n) is 3.90. The van der Waals surface area contributed by atoms with E-state index in [0.717, 1.165) is 0 Å². The van der Waals surface area contributed by atoms with Crippen LogP contribution < -0.4 is 0 Å². The quantitative estimate of drug-likeness (QED) is 0.328. The van der Waals surface area contributed by atoms with Crippen LogP contribution in [0.1, 0.15) is 27.2 Å². The Balaban J connectivity index is 2.40. The van der Waals surface area contributed by atoms with Crippen LogP contribution in [-0.4, -0.2) is 36.7 Å². The van der Waals surface area contributed by atoms with Crippen LogP contribution in [0.3, 0.4) is 0 Å². The van der Waals surface area contributed by atoms with Gasteiger partial charge in [-0.1, -0.05) is 26.2 Å². The lowest BCUT2D eigenvalue weighted by atomic mass is 9.59. The summed E-state index contributed by atoms with van der Waals surface area (Å²) < 4.78 is 16.1. The van der Waals surface area contributed by atoms with Gasteiger partial charge in [-0.3, -0.25) is 9.59 Å². The van der Waals surface area contributed by atoms with Crippen molar-refractivity contribution in [1.29, 1.82) is 0 Å². The Morgan fingerprint density at radius 2 is 2.00 bits per heavy atom. The third-order valence-corrected chi connectivity index (χ3v) is 5.03. The average molecular weight is 348 g/mol. The molecule has 2 aliphatic rings. The minimum atomic E-state index is -0.593. The summed E-state index contributed by atoms with van der Waals surface area (Å²) >= 11 is 0. The van der Waals surface area contributed by atoms with Crippen molar-refractivity contribution in [2.75, 3.05) is 6.61 Å². The molecule has 5 atom stereocenters. The highest BCUT2D eigenvalue weighted by molar-refractivity contribution is 5.91. The Morgan fingerprint density at radius 1 is 1.36 bits per heavy atom. The standard InChI is InChI=1S/C19H24O6/c1-7-19(6)8-14(24-13(5)21)15-11(3)18(22)25-17(15)16(19)10(2)9-23-12(4)20/h7,14-17H,1-3,8-9H2,4-6H3/t14-,15+,16+,17-,19+/m0/s1. The second kappa shape index (κ2) is 6.86. The van der Waals surface area contributed by atoms with Crippen LogP contribution in [0.5, 0.6) is 0 Å². The number of rotatable bonds is 5. The summed E-state index contributed by atoms with van der Waals surface area (Å²) in [4.78, 5) is 34.7. The van der Waals surface area contributed by atoms with Crippen molar-refractivity contribution in [3.05, 3.63) is 37.0 Å². The van der Waals surface area contributed by atoms with E-state index in [1.165, 1.54) is 13.8 Å². The summed E-state index contributed by atoms with van der Waals surface area (Å²) in [5.41, 5.74) is 0.354. The van der Waals surface area contributed by atoms with Crippen LogP contribution in [-0.2, 0) is 28.6 Å². The molecule has 1 saturated heterocycles. The van der Waals surface area contributed by atoms with E-state index in [2.05, 4.69) is 19.7 Å². The zero-order valence-corrected chi connectivity index (χ0v) is 14.9. The molecule has 0 bridgehead atoms. The monoisotopic (exact) mass is 348 g/mol. The van der Waals surface area contributed by atoms with Crippen molar-refractivity contribution in [1.82, 2.24) is 0 Å². The fraction of sp³-hybridized carbons (Fsp3) is 0.526. The molecule has 2 rings (SSSR count). The molecule has 0 aromatic rings. The molecular formula is C19H24O6. The average Bonchev–Trinajstić information content (AvgIpc) is 2.79.